The van der Waals surface area contributed by atoms with Crippen molar-refractivity contribution in [2.75, 3.05) is 32.8 Å². The zero-order chi connectivity index (χ0) is 16.4. The third-order valence-electron chi connectivity index (χ3n) is 4.06. The molecule has 1 fully saturated rings. The molecule has 8 nitrogen and oxygen atoms in total. The van der Waals surface area contributed by atoms with Crippen molar-refractivity contribution in [3.8, 4) is 22.1 Å². The summed E-state index contributed by atoms with van der Waals surface area (Å²) in [4.78, 5) is 15.3. The highest BCUT2D eigenvalue weighted by Gasteiger charge is 2.16. The Morgan fingerprint density at radius 1 is 1.29 bits per heavy atom. The molecule has 0 amide bonds. The molecule has 0 atom stereocenters. The van der Waals surface area contributed by atoms with Gasteiger partial charge in [0.1, 0.15) is 16.4 Å². The number of ether oxygens (including phenoxy) is 1. The first-order valence-electron chi connectivity index (χ1n) is 7.96. The van der Waals surface area contributed by atoms with Gasteiger partial charge in [-0.2, -0.15) is 0 Å². The lowest BCUT2D eigenvalue weighted by atomic mass is 10.3. The minimum atomic E-state index is 0.816. The molecule has 4 heterocycles. The predicted octanol–water partition coefficient (Wildman–Crippen LogP) is 1.43. The molecule has 0 unspecified atom stereocenters. The fraction of sp³-hybridized carbons (Fsp3) is 0.467. The predicted molar refractivity (Wildman–Crippen MR) is 90.7 cm³/mol. The zero-order valence-corrected chi connectivity index (χ0v) is 14.3. The van der Waals surface area contributed by atoms with Crippen molar-refractivity contribution in [3.63, 3.8) is 0 Å². The van der Waals surface area contributed by atoms with Gasteiger partial charge in [0, 0.05) is 24.5 Å². The number of imidazole rings is 1. The van der Waals surface area contributed by atoms with E-state index in [4.69, 9.17) is 9.72 Å². The van der Waals surface area contributed by atoms with E-state index in [9.17, 15) is 0 Å². The molecule has 0 radical (unpaired) electrons. The lowest BCUT2D eigenvalue weighted by molar-refractivity contribution is 0.0359. The van der Waals surface area contributed by atoms with Crippen LogP contribution in [0.2, 0.25) is 0 Å². The minimum absolute atomic E-state index is 0.816. The summed E-state index contributed by atoms with van der Waals surface area (Å²) in [5.41, 5.74) is 2.63. The van der Waals surface area contributed by atoms with Crippen LogP contribution in [0.25, 0.3) is 22.1 Å². The van der Waals surface area contributed by atoms with E-state index in [2.05, 4.69) is 32.1 Å². The summed E-state index contributed by atoms with van der Waals surface area (Å²) >= 11 is 1.63. The maximum absolute atomic E-state index is 5.37. The van der Waals surface area contributed by atoms with Crippen molar-refractivity contribution in [1.29, 1.82) is 0 Å². The molecule has 1 aliphatic rings. The quantitative estimate of drug-likeness (QED) is 0.753. The van der Waals surface area contributed by atoms with Crippen LogP contribution < -0.4 is 0 Å². The molecular weight excluding hydrogens is 326 g/mol. The monoisotopic (exact) mass is 345 g/mol. The van der Waals surface area contributed by atoms with E-state index in [1.54, 1.807) is 23.9 Å². The molecule has 0 spiro atoms. The number of nitrogens with one attached hydrogen (secondary N) is 1. The van der Waals surface area contributed by atoms with Crippen LogP contribution in [0.1, 0.15) is 4.88 Å². The Morgan fingerprint density at radius 3 is 2.96 bits per heavy atom. The number of rotatable bonds is 5. The van der Waals surface area contributed by atoms with Crippen LogP contribution in [0, 0.1) is 6.92 Å². The molecule has 0 bridgehead atoms. The number of nitrogens with zero attached hydrogens (tertiary/aromatic N) is 6. The molecule has 126 valence electrons. The number of thiazole rings is 1. The smallest absolute Gasteiger partial charge is 0.142 e. The fourth-order valence-electron chi connectivity index (χ4n) is 2.71. The van der Waals surface area contributed by atoms with Gasteiger partial charge in [0.05, 0.1) is 44.2 Å². The second-order valence-electron chi connectivity index (χ2n) is 5.71. The van der Waals surface area contributed by atoms with Gasteiger partial charge < -0.3 is 9.72 Å². The van der Waals surface area contributed by atoms with Gasteiger partial charge >= 0.3 is 0 Å². The second-order valence-corrected chi connectivity index (χ2v) is 6.91. The molecular formula is C15H19N7OS. The molecule has 3 aromatic rings. The maximum atomic E-state index is 5.37. The Kier molecular flexibility index (Phi) is 4.37. The van der Waals surface area contributed by atoms with Gasteiger partial charge in [-0.05, 0) is 6.92 Å². The largest absolute Gasteiger partial charge is 0.379 e. The van der Waals surface area contributed by atoms with Crippen LogP contribution >= 0.6 is 11.3 Å². The van der Waals surface area contributed by atoms with Crippen LogP contribution in [-0.4, -0.2) is 67.7 Å². The fourth-order valence-corrected chi connectivity index (χ4v) is 3.60. The lowest BCUT2D eigenvalue weighted by Gasteiger charge is -2.26. The number of H-pyrrole nitrogens is 1. The summed E-state index contributed by atoms with van der Waals surface area (Å²) in [6.45, 7) is 7.44. The first-order valence-corrected chi connectivity index (χ1v) is 8.78. The Bertz CT molecular complexity index is 789. The number of morpholine rings is 1. The van der Waals surface area contributed by atoms with Gasteiger partial charge in [-0.3, -0.25) is 9.58 Å². The lowest BCUT2D eigenvalue weighted by Crippen LogP contribution is -2.38. The van der Waals surface area contributed by atoms with E-state index in [1.165, 1.54) is 0 Å². The van der Waals surface area contributed by atoms with Crippen LogP contribution in [0.5, 0.6) is 0 Å². The minimum Gasteiger partial charge on any atom is -0.379 e. The van der Waals surface area contributed by atoms with Crippen molar-refractivity contribution in [2.45, 2.75) is 13.5 Å². The molecule has 1 N–H and O–H groups in total. The van der Waals surface area contributed by atoms with Crippen LogP contribution in [0.15, 0.2) is 18.7 Å². The van der Waals surface area contributed by atoms with E-state index >= 15 is 0 Å². The maximum Gasteiger partial charge on any atom is 0.142 e. The normalized spacial score (nSPS) is 15.9. The Balaban J connectivity index is 1.46. The summed E-state index contributed by atoms with van der Waals surface area (Å²) in [6.07, 6.45) is 5.41. The average Bonchev–Trinajstić information content (AvgIpc) is 3.34. The highest BCUT2D eigenvalue weighted by atomic mass is 32.1. The van der Waals surface area contributed by atoms with Crippen molar-refractivity contribution in [2.24, 2.45) is 0 Å². The summed E-state index contributed by atoms with van der Waals surface area (Å²) in [5, 5.41) is 9.46. The van der Waals surface area contributed by atoms with Gasteiger partial charge in [0.2, 0.25) is 0 Å². The molecule has 1 aliphatic heterocycles. The molecule has 0 aromatic carbocycles. The number of aromatic amines is 1. The van der Waals surface area contributed by atoms with Crippen LogP contribution in [0.3, 0.4) is 0 Å². The SMILES string of the molecule is Cc1sc(-c2cnc[nH]2)nc1-c1cn(CCN2CCOCC2)nn1. The van der Waals surface area contributed by atoms with Crippen LogP contribution in [0.4, 0.5) is 0 Å². The van der Waals surface area contributed by atoms with E-state index in [-0.39, 0.29) is 0 Å². The van der Waals surface area contributed by atoms with E-state index < -0.39 is 0 Å². The highest BCUT2D eigenvalue weighted by Crippen LogP contribution is 2.31. The summed E-state index contributed by atoms with van der Waals surface area (Å²) < 4.78 is 7.26. The molecule has 0 saturated carbocycles. The van der Waals surface area contributed by atoms with Gasteiger partial charge in [-0.15, -0.1) is 16.4 Å². The molecule has 1 saturated heterocycles. The average molecular weight is 345 g/mol. The third kappa shape index (κ3) is 3.23. The van der Waals surface area contributed by atoms with E-state index in [0.29, 0.717) is 0 Å². The van der Waals surface area contributed by atoms with Gasteiger partial charge in [-0.1, -0.05) is 5.21 Å². The topological polar surface area (TPSA) is 84.8 Å². The number of aryl methyl sites for hydroxylation is 1. The Morgan fingerprint density at radius 2 is 2.17 bits per heavy atom. The first kappa shape index (κ1) is 15.4. The van der Waals surface area contributed by atoms with E-state index in [1.807, 2.05) is 10.9 Å². The highest BCUT2D eigenvalue weighted by molar-refractivity contribution is 7.15. The third-order valence-corrected chi connectivity index (χ3v) is 5.06. The summed E-state index contributed by atoms with van der Waals surface area (Å²) in [5.74, 6) is 0. The van der Waals surface area contributed by atoms with Gasteiger partial charge in [0.15, 0.2) is 0 Å². The molecule has 3 aromatic heterocycles. The molecule has 24 heavy (non-hydrogen) atoms. The molecule has 9 heteroatoms. The van der Waals surface area contributed by atoms with E-state index in [0.717, 1.165) is 66.4 Å². The first-order chi connectivity index (χ1) is 11.8. The van der Waals surface area contributed by atoms with Gasteiger partial charge in [-0.25, -0.2) is 9.97 Å². The number of hydrogen-bond donors (Lipinski definition) is 1. The summed E-state index contributed by atoms with van der Waals surface area (Å²) in [6, 6.07) is 0. The van der Waals surface area contributed by atoms with Crippen molar-refractivity contribution >= 4 is 11.3 Å². The Hall–Kier alpha value is -2.10. The van der Waals surface area contributed by atoms with Crippen molar-refractivity contribution < 1.29 is 4.74 Å². The van der Waals surface area contributed by atoms with Crippen molar-refractivity contribution in [1.82, 2.24) is 34.8 Å². The Labute approximate surface area is 143 Å². The zero-order valence-electron chi connectivity index (χ0n) is 13.5. The van der Waals surface area contributed by atoms with Gasteiger partial charge in [0.25, 0.3) is 0 Å². The number of aromatic nitrogens is 6. The second kappa shape index (κ2) is 6.80. The van der Waals surface area contributed by atoms with Crippen LogP contribution in [-0.2, 0) is 11.3 Å². The van der Waals surface area contributed by atoms with Crippen molar-refractivity contribution in [3.05, 3.63) is 23.6 Å². The standard InChI is InChI=1S/C15H19N7OS/c1-11-14(18-15(24-11)12-8-16-10-17-12)13-9-22(20-19-13)3-2-21-4-6-23-7-5-21/h8-10H,2-7H2,1H3,(H,16,17). The molecule has 4 rings (SSSR count). The molecule has 0 aliphatic carbocycles. The number of hydrogen-bond acceptors (Lipinski definition) is 7. The summed E-state index contributed by atoms with van der Waals surface area (Å²) in [7, 11) is 0.